The van der Waals surface area contributed by atoms with Crippen LogP contribution >= 0.6 is 11.6 Å². The molecule has 0 spiro atoms. The number of benzene rings is 2. The molecule has 0 N–H and O–H groups in total. The fraction of sp³-hybridized carbons (Fsp3) is 0.174. The van der Waals surface area contributed by atoms with Crippen LogP contribution in [0.15, 0.2) is 60.9 Å². The van der Waals surface area contributed by atoms with E-state index in [0.717, 1.165) is 47.0 Å². The molecule has 0 aliphatic carbocycles. The van der Waals surface area contributed by atoms with Crippen molar-refractivity contribution < 1.29 is 9.13 Å². The molecule has 4 aromatic rings. The molecular weight excluding hydrogens is 389 g/mol. The second-order valence-corrected chi connectivity index (χ2v) is 7.16. The van der Waals surface area contributed by atoms with Gasteiger partial charge in [0.1, 0.15) is 0 Å². The maximum Gasteiger partial charge on any atom is 0.165 e. The zero-order valence-corrected chi connectivity index (χ0v) is 16.7. The number of hydrogen-bond donors (Lipinski definition) is 0. The van der Waals surface area contributed by atoms with Gasteiger partial charge in [0.05, 0.1) is 18.3 Å². The summed E-state index contributed by atoms with van der Waals surface area (Å²) in [6, 6.07) is 14.5. The lowest BCUT2D eigenvalue weighted by molar-refractivity contribution is 0.386. The molecule has 2 aromatic carbocycles. The third-order valence-electron chi connectivity index (χ3n) is 4.75. The van der Waals surface area contributed by atoms with Crippen molar-refractivity contribution in [2.45, 2.75) is 19.3 Å². The average molecular weight is 408 g/mol. The van der Waals surface area contributed by atoms with Gasteiger partial charge in [-0.25, -0.2) is 14.4 Å². The lowest BCUT2D eigenvalue weighted by atomic mass is 10.0. The molecule has 0 aliphatic heterocycles. The summed E-state index contributed by atoms with van der Waals surface area (Å²) in [6.45, 7) is 0. The Morgan fingerprint density at radius 1 is 1.03 bits per heavy atom. The van der Waals surface area contributed by atoms with E-state index >= 15 is 0 Å². The molecule has 2 heterocycles. The molecule has 6 heteroatoms. The van der Waals surface area contributed by atoms with Gasteiger partial charge >= 0.3 is 0 Å². The monoisotopic (exact) mass is 407 g/mol. The van der Waals surface area contributed by atoms with Crippen molar-refractivity contribution in [2.75, 3.05) is 7.11 Å². The van der Waals surface area contributed by atoms with Crippen LogP contribution in [-0.2, 0) is 12.8 Å². The Bertz CT molecular complexity index is 1150. The van der Waals surface area contributed by atoms with Crippen molar-refractivity contribution >= 4 is 22.5 Å². The highest BCUT2D eigenvalue weighted by Gasteiger charge is 2.11. The van der Waals surface area contributed by atoms with Gasteiger partial charge in [0, 0.05) is 28.4 Å². The Kier molecular flexibility index (Phi) is 5.67. The number of hydrogen-bond acceptors (Lipinski definition) is 4. The molecule has 2 aromatic heterocycles. The van der Waals surface area contributed by atoms with Gasteiger partial charge in [0.2, 0.25) is 0 Å². The van der Waals surface area contributed by atoms with Crippen LogP contribution in [0.1, 0.15) is 17.7 Å². The van der Waals surface area contributed by atoms with Gasteiger partial charge in [0.15, 0.2) is 17.4 Å². The summed E-state index contributed by atoms with van der Waals surface area (Å²) in [6.07, 6.45) is 5.74. The quantitative estimate of drug-likeness (QED) is 0.413. The van der Waals surface area contributed by atoms with Gasteiger partial charge in [0.25, 0.3) is 0 Å². The third kappa shape index (κ3) is 4.35. The number of ether oxygens (including phenoxy) is 1. The van der Waals surface area contributed by atoms with E-state index in [-0.39, 0.29) is 11.6 Å². The van der Waals surface area contributed by atoms with Crippen LogP contribution in [-0.4, -0.2) is 22.1 Å². The molecule has 0 aliphatic rings. The van der Waals surface area contributed by atoms with Crippen LogP contribution in [0.4, 0.5) is 4.39 Å². The van der Waals surface area contributed by atoms with E-state index in [1.54, 1.807) is 18.5 Å². The van der Waals surface area contributed by atoms with Crippen molar-refractivity contribution in [3.63, 3.8) is 0 Å². The number of nitrogens with zero attached hydrogens (tertiary/aromatic N) is 3. The fourth-order valence-corrected chi connectivity index (χ4v) is 3.48. The Morgan fingerprint density at radius 3 is 2.69 bits per heavy atom. The molecule has 4 rings (SSSR count). The molecule has 0 saturated heterocycles. The van der Waals surface area contributed by atoms with Crippen LogP contribution in [0.3, 0.4) is 0 Å². The topological polar surface area (TPSA) is 47.9 Å². The van der Waals surface area contributed by atoms with Gasteiger partial charge in [-0.3, -0.25) is 4.98 Å². The molecular formula is C23H19ClFN3O. The molecule has 29 heavy (non-hydrogen) atoms. The van der Waals surface area contributed by atoms with Crippen LogP contribution in [0.25, 0.3) is 22.3 Å². The Hall–Kier alpha value is -3.05. The largest absolute Gasteiger partial charge is 0.494 e. The second-order valence-electron chi connectivity index (χ2n) is 6.72. The highest BCUT2D eigenvalue weighted by atomic mass is 35.5. The smallest absolute Gasteiger partial charge is 0.165 e. The molecule has 0 bridgehead atoms. The number of aryl methyl sites for hydroxylation is 2. The van der Waals surface area contributed by atoms with Gasteiger partial charge < -0.3 is 4.74 Å². The summed E-state index contributed by atoms with van der Waals surface area (Å²) in [7, 11) is 1.46. The highest BCUT2D eigenvalue weighted by molar-refractivity contribution is 6.31. The predicted molar refractivity (Wildman–Crippen MR) is 113 cm³/mol. The minimum atomic E-state index is -0.344. The Labute approximate surface area is 173 Å². The molecule has 0 fully saturated rings. The third-order valence-corrected chi connectivity index (χ3v) is 4.99. The summed E-state index contributed by atoms with van der Waals surface area (Å²) in [5.74, 6) is 0.549. The highest BCUT2D eigenvalue weighted by Crippen LogP contribution is 2.26. The first-order valence-electron chi connectivity index (χ1n) is 9.33. The van der Waals surface area contributed by atoms with E-state index in [1.807, 2.05) is 36.4 Å². The maximum absolute atomic E-state index is 13.9. The summed E-state index contributed by atoms with van der Waals surface area (Å²) >= 11 is 6.20. The molecule has 0 saturated carbocycles. The number of rotatable bonds is 6. The van der Waals surface area contributed by atoms with Crippen LogP contribution in [0.2, 0.25) is 5.02 Å². The number of halogens is 2. The van der Waals surface area contributed by atoms with Gasteiger partial charge in [-0.15, -0.1) is 0 Å². The Morgan fingerprint density at radius 2 is 1.93 bits per heavy atom. The van der Waals surface area contributed by atoms with E-state index in [9.17, 15) is 4.39 Å². The second kappa shape index (κ2) is 8.53. The number of aromatic nitrogens is 3. The number of fused-ring (bicyclic) bond motifs is 1. The number of methoxy groups -OCH3 is 1. The minimum absolute atomic E-state index is 0.256. The average Bonchev–Trinajstić information content (AvgIpc) is 2.74. The van der Waals surface area contributed by atoms with E-state index in [4.69, 9.17) is 21.3 Å². The van der Waals surface area contributed by atoms with Crippen LogP contribution in [0.5, 0.6) is 5.75 Å². The van der Waals surface area contributed by atoms with E-state index < -0.39 is 0 Å². The zero-order valence-electron chi connectivity index (χ0n) is 15.9. The van der Waals surface area contributed by atoms with Crippen molar-refractivity contribution in [2.24, 2.45) is 0 Å². The van der Waals surface area contributed by atoms with Crippen molar-refractivity contribution in [1.29, 1.82) is 0 Å². The minimum Gasteiger partial charge on any atom is -0.494 e. The summed E-state index contributed by atoms with van der Waals surface area (Å²) in [5, 5.41) is 1.58. The van der Waals surface area contributed by atoms with E-state index in [0.29, 0.717) is 10.8 Å². The van der Waals surface area contributed by atoms with Crippen LogP contribution in [0, 0.1) is 5.82 Å². The maximum atomic E-state index is 13.9. The molecule has 0 amide bonds. The molecule has 0 radical (unpaired) electrons. The number of pyridine rings is 1. The van der Waals surface area contributed by atoms with Crippen molar-refractivity contribution in [3.8, 4) is 17.1 Å². The van der Waals surface area contributed by atoms with Gasteiger partial charge in [-0.05, 0) is 67.3 Å². The van der Waals surface area contributed by atoms with Crippen molar-refractivity contribution in [3.05, 3.63) is 83.0 Å². The predicted octanol–water partition coefficient (Wildman–Crippen LogP) is 5.67. The molecule has 0 unspecified atom stereocenters. The first-order valence-corrected chi connectivity index (χ1v) is 9.71. The molecule has 146 valence electrons. The fourth-order valence-electron chi connectivity index (χ4n) is 3.30. The van der Waals surface area contributed by atoms with Crippen LogP contribution < -0.4 is 4.74 Å². The normalized spacial score (nSPS) is 11.0. The van der Waals surface area contributed by atoms with E-state index in [1.165, 1.54) is 13.2 Å². The molecule has 0 atom stereocenters. The SMILES string of the molecule is COc1ccc(CCCc2nc(-c3cccnc3)nc3ccc(Cl)cc23)cc1F. The van der Waals surface area contributed by atoms with Gasteiger partial charge in [-0.1, -0.05) is 17.7 Å². The standard InChI is InChI=1S/C23H19ClFN3O/c1-29-22-10-7-15(12-19(22)25)4-2-6-20-18-13-17(24)8-9-21(18)28-23(27-20)16-5-3-11-26-14-16/h3,5,7-14H,2,4,6H2,1H3. The zero-order chi connectivity index (χ0) is 20.2. The summed E-state index contributed by atoms with van der Waals surface area (Å²) in [5.41, 5.74) is 3.55. The van der Waals surface area contributed by atoms with E-state index in [2.05, 4.69) is 9.97 Å². The Balaban J connectivity index is 1.61. The summed E-state index contributed by atoms with van der Waals surface area (Å²) < 4.78 is 18.9. The summed E-state index contributed by atoms with van der Waals surface area (Å²) in [4.78, 5) is 13.6. The van der Waals surface area contributed by atoms with Crippen molar-refractivity contribution in [1.82, 2.24) is 15.0 Å². The first-order chi connectivity index (χ1) is 14.1. The van der Waals surface area contributed by atoms with Gasteiger partial charge in [-0.2, -0.15) is 0 Å². The lowest BCUT2D eigenvalue weighted by Crippen LogP contribution is -2.00. The first kappa shape index (κ1) is 19.3. The lowest BCUT2D eigenvalue weighted by Gasteiger charge is -2.10. The molecule has 4 nitrogen and oxygen atoms in total.